The Morgan fingerprint density at radius 3 is 2.28 bits per heavy atom. The van der Waals surface area contributed by atoms with Crippen LogP contribution in [0, 0.1) is 0 Å². The summed E-state index contributed by atoms with van der Waals surface area (Å²) in [4.78, 5) is 22.0. The zero-order valence-corrected chi connectivity index (χ0v) is 8.78. The number of hydrogen-bond acceptors (Lipinski definition) is 3. The lowest BCUT2D eigenvalue weighted by Gasteiger charge is -2.10. The van der Waals surface area contributed by atoms with Gasteiger partial charge in [-0.25, -0.2) is 4.79 Å². The third-order valence-corrected chi connectivity index (χ3v) is 1.96. The van der Waals surface area contributed by atoms with Gasteiger partial charge in [0.2, 0.25) is 0 Å². The number of amides is 1. The molecule has 1 amide bonds. The molecule has 0 aromatic heterocycles. The molecule has 18 heavy (non-hydrogen) atoms. The number of aromatic hydroxyl groups is 1. The summed E-state index contributed by atoms with van der Waals surface area (Å²) in [5.74, 6) is -3.56. The Morgan fingerprint density at radius 2 is 1.78 bits per heavy atom. The molecule has 0 fully saturated rings. The van der Waals surface area contributed by atoms with Crippen LogP contribution in [0.4, 0.5) is 13.2 Å². The van der Waals surface area contributed by atoms with Crippen molar-refractivity contribution in [2.24, 2.45) is 0 Å². The van der Waals surface area contributed by atoms with Crippen molar-refractivity contribution in [3.63, 3.8) is 0 Å². The van der Waals surface area contributed by atoms with E-state index in [-0.39, 0.29) is 0 Å². The molecule has 1 aromatic rings. The first kappa shape index (κ1) is 13.8. The molecule has 0 spiro atoms. The van der Waals surface area contributed by atoms with Crippen LogP contribution in [0.2, 0.25) is 0 Å². The first-order valence-electron chi connectivity index (χ1n) is 4.62. The molecule has 0 atom stereocenters. The second-order valence-electron chi connectivity index (χ2n) is 3.30. The zero-order chi connectivity index (χ0) is 13.9. The van der Waals surface area contributed by atoms with E-state index in [9.17, 15) is 27.9 Å². The second-order valence-corrected chi connectivity index (χ2v) is 3.30. The SMILES string of the molecule is O=C(O)c1cccc(C(=O)NCC(F)(F)F)c1O. The molecule has 0 radical (unpaired) electrons. The Kier molecular flexibility index (Phi) is 3.79. The summed E-state index contributed by atoms with van der Waals surface area (Å²) in [6, 6.07) is 3.19. The Bertz CT molecular complexity index is 485. The quantitative estimate of drug-likeness (QED) is 0.769. The van der Waals surface area contributed by atoms with Gasteiger partial charge in [-0.3, -0.25) is 4.79 Å². The number of benzene rings is 1. The van der Waals surface area contributed by atoms with Crippen LogP contribution in [0.25, 0.3) is 0 Å². The van der Waals surface area contributed by atoms with Gasteiger partial charge in [-0.1, -0.05) is 6.07 Å². The van der Waals surface area contributed by atoms with Gasteiger partial charge in [0.1, 0.15) is 17.9 Å². The lowest BCUT2D eigenvalue weighted by molar-refractivity contribution is -0.123. The van der Waals surface area contributed by atoms with Crippen molar-refractivity contribution < 1.29 is 33.0 Å². The average molecular weight is 263 g/mol. The van der Waals surface area contributed by atoms with Crippen LogP contribution in [0.5, 0.6) is 5.75 Å². The van der Waals surface area contributed by atoms with E-state index in [1.165, 1.54) is 5.32 Å². The molecule has 5 nitrogen and oxygen atoms in total. The summed E-state index contributed by atoms with van der Waals surface area (Å²) in [5.41, 5.74) is -1.09. The van der Waals surface area contributed by atoms with Crippen molar-refractivity contribution in [3.8, 4) is 5.75 Å². The Morgan fingerprint density at radius 1 is 1.22 bits per heavy atom. The molecule has 8 heteroatoms. The lowest BCUT2D eigenvalue weighted by atomic mass is 10.1. The molecular formula is C10H8F3NO4. The zero-order valence-electron chi connectivity index (χ0n) is 8.78. The maximum atomic E-state index is 11.9. The number of para-hydroxylation sites is 1. The minimum absolute atomic E-state index is 0.529. The fourth-order valence-electron chi connectivity index (χ4n) is 1.18. The van der Waals surface area contributed by atoms with E-state index < -0.39 is 41.5 Å². The number of halogens is 3. The minimum atomic E-state index is -4.59. The Balaban J connectivity index is 2.93. The molecule has 0 saturated carbocycles. The third kappa shape index (κ3) is 3.37. The van der Waals surface area contributed by atoms with Crippen molar-refractivity contribution in [3.05, 3.63) is 29.3 Å². The summed E-state index contributed by atoms with van der Waals surface area (Å²) in [6.45, 7) is -1.57. The molecule has 1 aromatic carbocycles. The number of aromatic carboxylic acids is 1. The van der Waals surface area contributed by atoms with E-state index in [4.69, 9.17) is 5.11 Å². The topological polar surface area (TPSA) is 86.6 Å². The normalized spacial score (nSPS) is 11.1. The van der Waals surface area contributed by atoms with Gasteiger partial charge in [0, 0.05) is 0 Å². The highest BCUT2D eigenvalue weighted by molar-refractivity contribution is 6.01. The fourth-order valence-corrected chi connectivity index (χ4v) is 1.18. The van der Waals surface area contributed by atoms with Crippen molar-refractivity contribution in [1.82, 2.24) is 5.32 Å². The number of carboxylic acids is 1. The number of carbonyl (C=O) groups is 2. The van der Waals surface area contributed by atoms with Gasteiger partial charge in [-0.05, 0) is 12.1 Å². The molecule has 3 N–H and O–H groups in total. The molecular weight excluding hydrogens is 255 g/mol. The standard InChI is InChI=1S/C10H8F3NO4/c11-10(12,13)4-14-8(16)5-2-1-3-6(7(5)15)9(17)18/h1-3,15H,4H2,(H,14,16)(H,17,18). The van der Waals surface area contributed by atoms with Gasteiger partial charge in [0.05, 0.1) is 5.56 Å². The van der Waals surface area contributed by atoms with E-state index in [0.717, 1.165) is 18.2 Å². The van der Waals surface area contributed by atoms with Crippen molar-refractivity contribution in [1.29, 1.82) is 0 Å². The van der Waals surface area contributed by atoms with Crippen molar-refractivity contribution >= 4 is 11.9 Å². The van der Waals surface area contributed by atoms with Crippen molar-refractivity contribution in [2.45, 2.75) is 6.18 Å². The number of nitrogens with one attached hydrogen (secondary N) is 1. The molecule has 0 aliphatic rings. The molecule has 0 unspecified atom stereocenters. The molecule has 98 valence electrons. The number of rotatable bonds is 3. The Hall–Kier alpha value is -2.25. The summed E-state index contributed by atoms with van der Waals surface area (Å²) in [5, 5.41) is 19.6. The van der Waals surface area contributed by atoms with Gasteiger partial charge in [0.25, 0.3) is 5.91 Å². The highest BCUT2D eigenvalue weighted by atomic mass is 19.4. The highest BCUT2D eigenvalue weighted by Gasteiger charge is 2.28. The fraction of sp³-hybridized carbons (Fsp3) is 0.200. The van der Waals surface area contributed by atoms with E-state index in [2.05, 4.69) is 0 Å². The highest BCUT2D eigenvalue weighted by Crippen LogP contribution is 2.22. The second kappa shape index (κ2) is 4.94. The molecule has 0 heterocycles. The number of hydrogen-bond donors (Lipinski definition) is 3. The van der Waals surface area contributed by atoms with Crippen LogP contribution in [-0.2, 0) is 0 Å². The molecule has 0 saturated heterocycles. The molecule has 0 bridgehead atoms. The first-order valence-corrected chi connectivity index (χ1v) is 4.62. The third-order valence-electron chi connectivity index (χ3n) is 1.96. The van der Waals surface area contributed by atoms with Crippen LogP contribution in [0.15, 0.2) is 18.2 Å². The molecule has 0 aliphatic carbocycles. The predicted molar refractivity (Wildman–Crippen MR) is 53.5 cm³/mol. The monoisotopic (exact) mass is 263 g/mol. The summed E-state index contributed by atoms with van der Waals surface area (Å²) in [6.07, 6.45) is -4.59. The van der Waals surface area contributed by atoms with Gasteiger partial charge >= 0.3 is 12.1 Å². The predicted octanol–water partition coefficient (Wildman–Crippen LogP) is 1.38. The smallest absolute Gasteiger partial charge is 0.405 e. The van der Waals surface area contributed by atoms with Gasteiger partial charge in [0.15, 0.2) is 0 Å². The summed E-state index contributed by atoms with van der Waals surface area (Å²) in [7, 11) is 0. The summed E-state index contributed by atoms with van der Waals surface area (Å²) < 4.78 is 35.6. The number of carbonyl (C=O) groups excluding carboxylic acids is 1. The van der Waals surface area contributed by atoms with E-state index in [1.807, 2.05) is 0 Å². The first-order chi connectivity index (χ1) is 8.22. The minimum Gasteiger partial charge on any atom is -0.506 e. The van der Waals surface area contributed by atoms with Gasteiger partial charge < -0.3 is 15.5 Å². The van der Waals surface area contributed by atoms with Crippen molar-refractivity contribution in [2.75, 3.05) is 6.54 Å². The van der Waals surface area contributed by atoms with Crippen LogP contribution < -0.4 is 5.32 Å². The summed E-state index contributed by atoms with van der Waals surface area (Å²) >= 11 is 0. The van der Waals surface area contributed by atoms with Crippen LogP contribution in [-0.4, -0.2) is 34.8 Å². The number of carboxylic acid groups (broad SMARTS) is 1. The largest absolute Gasteiger partial charge is 0.506 e. The van der Waals surface area contributed by atoms with E-state index in [1.54, 1.807) is 0 Å². The maximum Gasteiger partial charge on any atom is 0.405 e. The maximum absolute atomic E-state index is 11.9. The Labute approximate surface area is 98.8 Å². The molecule has 1 rings (SSSR count). The number of alkyl halides is 3. The van der Waals surface area contributed by atoms with Crippen LogP contribution in [0.1, 0.15) is 20.7 Å². The number of phenols is 1. The van der Waals surface area contributed by atoms with Gasteiger partial charge in [-0.15, -0.1) is 0 Å². The van der Waals surface area contributed by atoms with E-state index >= 15 is 0 Å². The van der Waals surface area contributed by atoms with Crippen LogP contribution >= 0.6 is 0 Å². The van der Waals surface area contributed by atoms with E-state index in [0.29, 0.717) is 0 Å². The van der Waals surface area contributed by atoms with Gasteiger partial charge in [-0.2, -0.15) is 13.2 Å². The molecule has 0 aliphatic heterocycles. The average Bonchev–Trinajstić information content (AvgIpc) is 2.24. The lowest BCUT2D eigenvalue weighted by Crippen LogP contribution is -2.33. The van der Waals surface area contributed by atoms with Crippen LogP contribution in [0.3, 0.4) is 0 Å².